The number of fused-ring (bicyclic) bond motifs is 1. The van der Waals surface area contributed by atoms with Crippen LogP contribution in [0.15, 0.2) is 97.1 Å². The van der Waals surface area contributed by atoms with Crippen LogP contribution < -0.4 is 15.4 Å². The standard InChI is InChI=1S/C32H29N3O5/c1-20(2)29(31(37)38)35-19-23-13-12-22(18-26(23)30(35)36)21-14-16-24(17-15-21)33-32(39)34-27-10-6-7-11-28(27)40-25-8-4-3-5-9-25/h3-18,20,29H,19H2,1-2H3,(H,37,38)(H2,33,34,39). The summed E-state index contributed by atoms with van der Waals surface area (Å²) in [6, 6.07) is 28.1. The van der Waals surface area contributed by atoms with Gasteiger partial charge in [-0.2, -0.15) is 0 Å². The van der Waals surface area contributed by atoms with Crippen molar-refractivity contribution in [2.24, 2.45) is 5.92 Å². The topological polar surface area (TPSA) is 108 Å². The van der Waals surface area contributed by atoms with Crippen LogP contribution in [0.3, 0.4) is 0 Å². The van der Waals surface area contributed by atoms with Gasteiger partial charge in [0, 0.05) is 17.8 Å². The molecule has 40 heavy (non-hydrogen) atoms. The highest BCUT2D eigenvalue weighted by Gasteiger charge is 2.38. The minimum absolute atomic E-state index is 0.211. The number of hydrogen-bond acceptors (Lipinski definition) is 4. The summed E-state index contributed by atoms with van der Waals surface area (Å²) in [5.41, 5.74) is 4.13. The van der Waals surface area contributed by atoms with Gasteiger partial charge in [0.25, 0.3) is 5.91 Å². The van der Waals surface area contributed by atoms with Crippen LogP contribution in [-0.2, 0) is 11.3 Å². The summed E-state index contributed by atoms with van der Waals surface area (Å²) in [7, 11) is 0. The minimum Gasteiger partial charge on any atom is -0.480 e. The molecule has 0 bridgehead atoms. The predicted octanol–water partition coefficient (Wildman–Crippen LogP) is 6.85. The molecule has 0 saturated heterocycles. The van der Waals surface area contributed by atoms with Crippen molar-refractivity contribution in [1.82, 2.24) is 4.90 Å². The molecular weight excluding hydrogens is 506 g/mol. The molecule has 0 aliphatic carbocycles. The summed E-state index contributed by atoms with van der Waals surface area (Å²) in [6.45, 7) is 3.88. The van der Waals surface area contributed by atoms with Crippen LogP contribution in [-0.4, -0.2) is 34.0 Å². The van der Waals surface area contributed by atoms with E-state index >= 15 is 0 Å². The molecule has 0 saturated carbocycles. The van der Waals surface area contributed by atoms with Crippen LogP contribution in [0.4, 0.5) is 16.2 Å². The van der Waals surface area contributed by atoms with Gasteiger partial charge in [0.05, 0.1) is 5.69 Å². The lowest BCUT2D eigenvalue weighted by Crippen LogP contribution is -2.44. The van der Waals surface area contributed by atoms with Crippen LogP contribution in [0.1, 0.15) is 29.8 Å². The lowest BCUT2D eigenvalue weighted by Gasteiger charge is -2.27. The quantitative estimate of drug-likeness (QED) is 0.229. The highest BCUT2D eigenvalue weighted by molar-refractivity contribution is 6.02. The van der Waals surface area contributed by atoms with Gasteiger partial charge in [0.1, 0.15) is 11.8 Å². The van der Waals surface area contributed by atoms with Gasteiger partial charge in [-0.3, -0.25) is 4.79 Å². The molecule has 202 valence electrons. The predicted molar refractivity (Wildman–Crippen MR) is 154 cm³/mol. The Balaban J connectivity index is 1.26. The fraction of sp³-hybridized carbons (Fsp3) is 0.156. The van der Waals surface area contributed by atoms with Crippen molar-refractivity contribution < 1.29 is 24.2 Å². The lowest BCUT2D eigenvalue weighted by atomic mass is 10.00. The molecule has 1 aliphatic rings. The number of aliphatic carboxylic acids is 1. The van der Waals surface area contributed by atoms with E-state index < -0.39 is 18.0 Å². The molecule has 4 aromatic carbocycles. The van der Waals surface area contributed by atoms with Crippen molar-refractivity contribution in [3.05, 3.63) is 108 Å². The minimum atomic E-state index is -1.00. The number of benzene rings is 4. The van der Waals surface area contributed by atoms with E-state index in [1.165, 1.54) is 4.90 Å². The molecule has 4 aromatic rings. The van der Waals surface area contributed by atoms with Crippen molar-refractivity contribution in [3.63, 3.8) is 0 Å². The van der Waals surface area contributed by atoms with Gasteiger partial charge < -0.3 is 25.4 Å². The molecule has 3 N–H and O–H groups in total. The van der Waals surface area contributed by atoms with E-state index in [1.54, 1.807) is 44.2 Å². The van der Waals surface area contributed by atoms with Crippen molar-refractivity contribution in [2.75, 3.05) is 10.6 Å². The Kier molecular flexibility index (Phi) is 7.50. The lowest BCUT2D eigenvalue weighted by molar-refractivity contribution is -0.144. The van der Waals surface area contributed by atoms with Gasteiger partial charge in [-0.1, -0.05) is 68.4 Å². The number of carbonyl (C=O) groups excluding carboxylic acids is 2. The fourth-order valence-corrected chi connectivity index (χ4v) is 4.81. The second kappa shape index (κ2) is 11.3. The molecule has 0 fully saturated rings. The summed E-state index contributed by atoms with van der Waals surface area (Å²) in [6.07, 6.45) is 0. The molecule has 8 nitrogen and oxygen atoms in total. The van der Waals surface area contributed by atoms with E-state index in [-0.39, 0.29) is 18.4 Å². The molecule has 8 heteroatoms. The van der Waals surface area contributed by atoms with Gasteiger partial charge in [0.2, 0.25) is 0 Å². The summed E-state index contributed by atoms with van der Waals surface area (Å²) in [5.74, 6) is -0.306. The second-order valence-corrected chi connectivity index (χ2v) is 9.90. The molecule has 3 amide bonds. The first-order valence-electron chi connectivity index (χ1n) is 13.0. The fourth-order valence-electron chi connectivity index (χ4n) is 4.81. The average Bonchev–Trinajstić information content (AvgIpc) is 3.25. The van der Waals surface area contributed by atoms with Crippen molar-refractivity contribution >= 4 is 29.3 Å². The summed E-state index contributed by atoms with van der Waals surface area (Å²) in [4.78, 5) is 39.0. The second-order valence-electron chi connectivity index (χ2n) is 9.90. The van der Waals surface area contributed by atoms with Gasteiger partial charge in [-0.15, -0.1) is 0 Å². The number of ether oxygens (including phenoxy) is 1. The maximum absolute atomic E-state index is 13.1. The largest absolute Gasteiger partial charge is 0.480 e. The molecule has 1 heterocycles. The van der Waals surface area contributed by atoms with Gasteiger partial charge in [-0.25, -0.2) is 9.59 Å². The number of nitrogens with zero attached hydrogens (tertiary/aromatic N) is 1. The van der Waals surface area contributed by atoms with Crippen molar-refractivity contribution in [2.45, 2.75) is 26.4 Å². The van der Waals surface area contributed by atoms with E-state index in [9.17, 15) is 19.5 Å². The monoisotopic (exact) mass is 535 g/mol. The van der Waals surface area contributed by atoms with Gasteiger partial charge in [0.15, 0.2) is 5.75 Å². The molecular formula is C32H29N3O5. The van der Waals surface area contributed by atoms with Crippen LogP contribution in [0.5, 0.6) is 11.5 Å². The SMILES string of the molecule is CC(C)C(C(=O)O)N1Cc2ccc(-c3ccc(NC(=O)Nc4ccccc4Oc4ccccc4)cc3)cc2C1=O. The Morgan fingerprint density at radius 3 is 2.23 bits per heavy atom. The number of carbonyl (C=O) groups is 3. The molecule has 5 rings (SSSR count). The summed E-state index contributed by atoms with van der Waals surface area (Å²) in [5, 5.41) is 15.3. The van der Waals surface area contributed by atoms with Crippen molar-refractivity contribution in [3.8, 4) is 22.6 Å². The zero-order valence-corrected chi connectivity index (χ0v) is 22.1. The first-order valence-corrected chi connectivity index (χ1v) is 13.0. The Morgan fingerprint density at radius 2 is 1.52 bits per heavy atom. The number of nitrogens with one attached hydrogen (secondary N) is 2. The third-order valence-corrected chi connectivity index (χ3v) is 6.74. The Labute approximate surface area is 232 Å². The number of anilines is 2. The highest BCUT2D eigenvalue weighted by atomic mass is 16.5. The zero-order valence-electron chi connectivity index (χ0n) is 22.1. The third kappa shape index (κ3) is 5.66. The van der Waals surface area contributed by atoms with E-state index in [0.29, 0.717) is 28.4 Å². The van der Waals surface area contributed by atoms with Crippen LogP contribution in [0, 0.1) is 5.92 Å². The van der Waals surface area contributed by atoms with E-state index in [4.69, 9.17) is 4.74 Å². The van der Waals surface area contributed by atoms with Crippen LogP contribution in [0.25, 0.3) is 11.1 Å². The van der Waals surface area contributed by atoms with E-state index in [0.717, 1.165) is 16.7 Å². The Bertz CT molecular complexity index is 1550. The first-order chi connectivity index (χ1) is 19.3. The van der Waals surface area contributed by atoms with Gasteiger partial charge >= 0.3 is 12.0 Å². The zero-order chi connectivity index (χ0) is 28.2. The summed E-state index contributed by atoms with van der Waals surface area (Å²) < 4.78 is 5.91. The maximum atomic E-state index is 13.1. The molecule has 1 unspecified atom stereocenters. The number of para-hydroxylation sites is 3. The van der Waals surface area contributed by atoms with Crippen molar-refractivity contribution in [1.29, 1.82) is 0 Å². The highest BCUT2D eigenvalue weighted by Crippen LogP contribution is 2.32. The first kappa shape index (κ1) is 26.5. The maximum Gasteiger partial charge on any atom is 0.326 e. The summed E-state index contributed by atoms with van der Waals surface area (Å²) >= 11 is 0. The average molecular weight is 536 g/mol. The Hall–Kier alpha value is -5.11. The van der Waals surface area contributed by atoms with Crippen LogP contribution in [0.2, 0.25) is 0 Å². The number of amides is 3. The normalized spacial score (nSPS) is 13.1. The molecule has 0 radical (unpaired) electrons. The number of carboxylic acid groups (broad SMARTS) is 1. The molecule has 0 aromatic heterocycles. The third-order valence-electron chi connectivity index (χ3n) is 6.74. The Morgan fingerprint density at radius 1 is 0.850 bits per heavy atom. The molecule has 0 spiro atoms. The number of hydrogen-bond donors (Lipinski definition) is 3. The molecule has 1 aliphatic heterocycles. The van der Waals surface area contributed by atoms with E-state index in [2.05, 4.69) is 10.6 Å². The van der Waals surface area contributed by atoms with Gasteiger partial charge in [-0.05, 0) is 65.1 Å². The van der Waals surface area contributed by atoms with Crippen LogP contribution >= 0.6 is 0 Å². The smallest absolute Gasteiger partial charge is 0.326 e. The van der Waals surface area contributed by atoms with E-state index in [1.807, 2.05) is 66.7 Å². The number of rotatable bonds is 8. The molecule has 1 atom stereocenters. The number of carboxylic acids is 1. The number of urea groups is 1.